The molecule has 0 aliphatic carbocycles. The van der Waals surface area contributed by atoms with Gasteiger partial charge in [0.05, 0.1) is 7.11 Å². The number of carbonyl (C=O) groups excluding carboxylic acids is 2. The molecule has 0 unspecified atom stereocenters. The number of methoxy groups -OCH3 is 1. The second-order valence-electron chi connectivity index (χ2n) is 3.07. The van der Waals surface area contributed by atoms with Gasteiger partial charge < -0.3 is 4.74 Å². The maximum absolute atomic E-state index is 11.1. The van der Waals surface area contributed by atoms with Gasteiger partial charge in [-0.2, -0.15) is 0 Å². The molecule has 0 saturated heterocycles. The first-order valence-electron chi connectivity index (χ1n) is 4.66. The van der Waals surface area contributed by atoms with Crippen LogP contribution >= 0.6 is 0 Å². The van der Waals surface area contributed by atoms with Crippen molar-refractivity contribution in [3.05, 3.63) is 36.0 Å². The highest BCUT2D eigenvalue weighted by molar-refractivity contribution is 5.84. The van der Waals surface area contributed by atoms with E-state index in [9.17, 15) is 9.59 Å². The number of aromatic nitrogens is 4. The number of carbonyl (C=O) groups is 2. The molecule has 0 saturated carbocycles. The van der Waals surface area contributed by atoms with Crippen LogP contribution in [-0.4, -0.2) is 39.1 Å². The lowest BCUT2D eigenvalue weighted by molar-refractivity contribution is 0.0587. The minimum atomic E-state index is -0.617. The van der Waals surface area contributed by atoms with Gasteiger partial charge in [-0.25, -0.2) is 19.4 Å². The first kappa shape index (κ1) is 10.9. The van der Waals surface area contributed by atoms with Crippen molar-refractivity contribution in [2.75, 3.05) is 7.11 Å². The molecule has 2 heterocycles. The normalized spacial score (nSPS) is 9.94. The predicted octanol–water partition coefficient (Wildman–Crippen LogP) is 0.261. The number of esters is 1. The maximum atomic E-state index is 11.1. The summed E-state index contributed by atoms with van der Waals surface area (Å²) < 4.78 is 5.80. The van der Waals surface area contributed by atoms with Crippen LogP contribution in [0.2, 0.25) is 0 Å². The molecule has 0 aliphatic rings. The van der Waals surface area contributed by atoms with Crippen LogP contribution < -0.4 is 0 Å². The highest BCUT2D eigenvalue weighted by Crippen LogP contribution is 2.03. The molecule has 0 atom stereocenters. The summed E-state index contributed by atoms with van der Waals surface area (Å²) in [6.07, 6.45) is 3.44. The third-order valence-corrected chi connectivity index (χ3v) is 2.00. The monoisotopic (exact) mass is 232 g/mol. The molecule has 0 spiro atoms. The van der Waals surface area contributed by atoms with Crippen molar-refractivity contribution >= 4 is 12.3 Å². The van der Waals surface area contributed by atoms with E-state index in [1.54, 1.807) is 12.1 Å². The summed E-state index contributed by atoms with van der Waals surface area (Å²) in [7, 11) is 1.25. The van der Waals surface area contributed by atoms with Crippen LogP contribution in [0.5, 0.6) is 0 Å². The zero-order valence-electron chi connectivity index (χ0n) is 8.90. The molecule has 2 rings (SSSR count). The Morgan fingerprint density at radius 3 is 2.82 bits per heavy atom. The zero-order valence-corrected chi connectivity index (χ0v) is 8.90. The first-order chi connectivity index (χ1) is 8.24. The number of hydrogen-bond donors (Lipinski definition) is 0. The summed E-state index contributed by atoms with van der Waals surface area (Å²) in [5, 5.41) is 3.89. The van der Waals surface area contributed by atoms with Gasteiger partial charge in [-0.15, -0.1) is 5.10 Å². The van der Waals surface area contributed by atoms with Gasteiger partial charge in [-0.3, -0.25) is 4.79 Å². The Labute approximate surface area is 96.1 Å². The zero-order chi connectivity index (χ0) is 12.3. The summed E-state index contributed by atoms with van der Waals surface area (Å²) in [4.78, 5) is 29.4. The molecule has 86 valence electrons. The predicted molar refractivity (Wildman–Crippen MR) is 55.9 cm³/mol. The van der Waals surface area contributed by atoms with Gasteiger partial charge in [-0.05, 0) is 12.1 Å². The van der Waals surface area contributed by atoms with Crippen molar-refractivity contribution in [3.8, 4) is 5.82 Å². The van der Waals surface area contributed by atoms with E-state index < -0.39 is 5.97 Å². The third kappa shape index (κ3) is 2.17. The van der Waals surface area contributed by atoms with Gasteiger partial charge >= 0.3 is 5.97 Å². The number of nitrogens with zero attached hydrogens (tertiary/aromatic N) is 4. The Morgan fingerprint density at radius 2 is 2.24 bits per heavy atom. The summed E-state index contributed by atoms with van der Waals surface area (Å²) in [6.45, 7) is 0. The summed E-state index contributed by atoms with van der Waals surface area (Å²) >= 11 is 0. The third-order valence-electron chi connectivity index (χ3n) is 2.00. The Kier molecular flexibility index (Phi) is 2.91. The first-order valence-corrected chi connectivity index (χ1v) is 4.66. The molecule has 0 aliphatic heterocycles. The Morgan fingerprint density at radius 1 is 1.41 bits per heavy atom. The average Bonchev–Trinajstić information content (AvgIpc) is 2.87. The molecule has 2 aromatic heterocycles. The Bertz CT molecular complexity index is 547. The Hall–Kier alpha value is -2.57. The molecule has 7 nitrogen and oxygen atoms in total. The lowest BCUT2D eigenvalue weighted by atomic mass is 10.3. The lowest BCUT2D eigenvalue weighted by Gasteiger charge is -1.98. The van der Waals surface area contributed by atoms with E-state index in [0.29, 0.717) is 17.7 Å². The fourth-order valence-electron chi connectivity index (χ4n) is 1.16. The molecule has 0 bridgehead atoms. The summed E-state index contributed by atoms with van der Waals surface area (Å²) in [6, 6.07) is 3.19. The molecule has 2 aromatic rings. The molecule has 0 fully saturated rings. The molecule has 0 aromatic carbocycles. The van der Waals surface area contributed by atoms with Crippen molar-refractivity contribution in [2.24, 2.45) is 0 Å². The van der Waals surface area contributed by atoms with Gasteiger partial charge in [-0.1, -0.05) is 0 Å². The minimum absolute atomic E-state index is 0.0474. The average molecular weight is 232 g/mol. The molecule has 7 heteroatoms. The second kappa shape index (κ2) is 4.52. The second-order valence-corrected chi connectivity index (χ2v) is 3.07. The van der Waals surface area contributed by atoms with E-state index in [1.165, 1.54) is 24.3 Å². The van der Waals surface area contributed by atoms with Crippen LogP contribution in [0.25, 0.3) is 5.82 Å². The van der Waals surface area contributed by atoms with E-state index in [1.807, 2.05) is 0 Å². The van der Waals surface area contributed by atoms with Gasteiger partial charge in [0.25, 0.3) is 5.82 Å². The highest BCUT2D eigenvalue weighted by atomic mass is 16.5. The minimum Gasteiger partial charge on any atom is -0.463 e. The summed E-state index contributed by atoms with van der Waals surface area (Å²) in [5.74, 6) is -0.208. The molecule has 0 N–H and O–H groups in total. The molecular formula is C10H8N4O3. The van der Waals surface area contributed by atoms with Gasteiger partial charge in [0.15, 0.2) is 12.1 Å². The van der Waals surface area contributed by atoms with Crippen molar-refractivity contribution in [1.29, 1.82) is 0 Å². The van der Waals surface area contributed by atoms with Crippen molar-refractivity contribution < 1.29 is 14.3 Å². The number of hydrogen-bond acceptors (Lipinski definition) is 6. The van der Waals surface area contributed by atoms with Crippen LogP contribution in [0.3, 0.4) is 0 Å². The molecular weight excluding hydrogens is 224 g/mol. The SMILES string of the molecule is COC(=O)c1ncn(-c2ccc(C=O)cn2)n1. The number of pyridine rings is 1. The number of rotatable bonds is 3. The van der Waals surface area contributed by atoms with E-state index >= 15 is 0 Å². The quantitative estimate of drug-likeness (QED) is 0.557. The van der Waals surface area contributed by atoms with E-state index in [4.69, 9.17) is 0 Å². The largest absolute Gasteiger partial charge is 0.463 e. The van der Waals surface area contributed by atoms with E-state index in [-0.39, 0.29) is 5.82 Å². The number of ether oxygens (including phenoxy) is 1. The van der Waals surface area contributed by atoms with Gasteiger partial charge in [0, 0.05) is 11.8 Å². The van der Waals surface area contributed by atoms with Crippen LogP contribution in [0.4, 0.5) is 0 Å². The van der Waals surface area contributed by atoms with Crippen LogP contribution in [0.15, 0.2) is 24.7 Å². The fourth-order valence-corrected chi connectivity index (χ4v) is 1.16. The topological polar surface area (TPSA) is 87.0 Å². The molecule has 17 heavy (non-hydrogen) atoms. The lowest BCUT2D eigenvalue weighted by Crippen LogP contribution is -2.05. The summed E-state index contributed by atoms with van der Waals surface area (Å²) in [5.41, 5.74) is 0.460. The van der Waals surface area contributed by atoms with E-state index in [2.05, 4.69) is 19.8 Å². The van der Waals surface area contributed by atoms with Crippen LogP contribution in [0.1, 0.15) is 21.0 Å². The van der Waals surface area contributed by atoms with Crippen molar-refractivity contribution in [3.63, 3.8) is 0 Å². The fraction of sp³-hybridized carbons (Fsp3) is 0.100. The van der Waals surface area contributed by atoms with Crippen molar-refractivity contribution in [2.45, 2.75) is 0 Å². The van der Waals surface area contributed by atoms with Gasteiger partial charge in [0.2, 0.25) is 0 Å². The van der Waals surface area contributed by atoms with Gasteiger partial charge in [0.1, 0.15) is 6.33 Å². The molecule has 0 radical (unpaired) electrons. The van der Waals surface area contributed by atoms with Crippen LogP contribution in [-0.2, 0) is 4.74 Å². The standard InChI is InChI=1S/C10H8N4O3/c1-17-10(16)9-12-6-14(13-9)8-3-2-7(5-15)4-11-8/h2-6H,1H3. The smallest absolute Gasteiger partial charge is 0.377 e. The van der Waals surface area contributed by atoms with Crippen molar-refractivity contribution in [1.82, 2.24) is 19.7 Å². The maximum Gasteiger partial charge on any atom is 0.377 e. The van der Waals surface area contributed by atoms with Crippen LogP contribution in [0, 0.1) is 0 Å². The van der Waals surface area contributed by atoms with E-state index in [0.717, 1.165) is 0 Å². The number of aldehydes is 1. The molecule has 0 amide bonds. The Balaban J connectivity index is 2.30. The highest BCUT2D eigenvalue weighted by Gasteiger charge is 2.12.